The van der Waals surface area contributed by atoms with Crippen molar-refractivity contribution in [2.75, 3.05) is 0 Å². The van der Waals surface area contributed by atoms with Crippen molar-refractivity contribution in [1.29, 1.82) is 0 Å². The highest BCUT2D eigenvalue weighted by Gasteiger charge is 3.11. The maximum Gasteiger partial charge on any atom is -0.0106 e. The van der Waals surface area contributed by atoms with Crippen molar-refractivity contribution in [1.82, 2.24) is 0 Å². The van der Waals surface area contributed by atoms with Crippen LogP contribution < -0.4 is 0 Å². The normalized spacial score (nSPS) is 59.1. The van der Waals surface area contributed by atoms with Gasteiger partial charge in [-0.1, -0.05) is 0 Å². The van der Waals surface area contributed by atoms with E-state index in [1.165, 1.54) is 0 Å². The summed E-state index contributed by atoms with van der Waals surface area (Å²) in [6.45, 7) is 0. The molecule has 0 radical (unpaired) electrons. The van der Waals surface area contributed by atoms with E-state index in [0.717, 1.165) is 27.1 Å². The smallest absolute Gasteiger partial charge is 0.0106 e. The van der Waals surface area contributed by atoms with Gasteiger partial charge in [0.25, 0.3) is 0 Å². The summed E-state index contributed by atoms with van der Waals surface area (Å²) in [7, 11) is 0. The standard InChI is InChI=1S/C13H16/c1-2-9(1)7-12(9)8-13(12)10(3-4-10)11(13)5-6-11/h1-8H2. The van der Waals surface area contributed by atoms with Crippen LogP contribution in [0.15, 0.2) is 0 Å². The highest BCUT2D eigenvalue weighted by atomic mass is 15.1. The minimum atomic E-state index is 0.995. The highest BCUT2D eigenvalue weighted by Crippen LogP contribution is 3.18. The Hall–Kier alpha value is 0. The van der Waals surface area contributed by atoms with Gasteiger partial charge in [0.05, 0.1) is 0 Å². The van der Waals surface area contributed by atoms with E-state index in [9.17, 15) is 0 Å². The summed E-state index contributed by atoms with van der Waals surface area (Å²) < 4.78 is 0. The minimum Gasteiger partial charge on any atom is -0.0465 e. The first-order chi connectivity index (χ1) is 6.29. The predicted octanol–water partition coefficient (Wildman–Crippen LogP) is 3.12. The second-order valence-corrected chi connectivity index (χ2v) is 7.29. The number of fused-ring (bicyclic) bond motifs is 5. The summed E-state index contributed by atoms with van der Waals surface area (Å²) in [5, 5.41) is 0. The summed E-state index contributed by atoms with van der Waals surface area (Å²) in [4.78, 5) is 0. The van der Waals surface area contributed by atoms with E-state index in [4.69, 9.17) is 0 Å². The van der Waals surface area contributed by atoms with E-state index in [2.05, 4.69) is 0 Å². The van der Waals surface area contributed by atoms with Crippen LogP contribution in [-0.2, 0) is 0 Å². The molecule has 0 amide bonds. The molecular weight excluding hydrogens is 156 g/mol. The Morgan fingerprint density at radius 1 is 0.538 bits per heavy atom. The van der Waals surface area contributed by atoms with E-state index < -0.39 is 0 Å². The zero-order chi connectivity index (χ0) is 8.16. The van der Waals surface area contributed by atoms with Gasteiger partial charge < -0.3 is 0 Å². The summed E-state index contributed by atoms with van der Waals surface area (Å²) in [5.74, 6) is 0. The Morgan fingerprint density at radius 3 is 1.54 bits per heavy atom. The van der Waals surface area contributed by atoms with Crippen LogP contribution >= 0.6 is 0 Å². The van der Waals surface area contributed by atoms with Crippen molar-refractivity contribution < 1.29 is 0 Å². The Labute approximate surface area is 79.1 Å². The maximum absolute atomic E-state index is 1.71. The first-order valence-electron chi connectivity index (χ1n) is 6.29. The molecular formula is C13H16. The summed E-state index contributed by atoms with van der Waals surface area (Å²) in [5.41, 5.74) is 5.03. The van der Waals surface area contributed by atoms with Gasteiger partial charge in [-0.2, -0.15) is 0 Å². The van der Waals surface area contributed by atoms with Crippen LogP contribution in [0.1, 0.15) is 51.4 Å². The monoisotopic (exact) mass is 172 g/mol. The molecule has 0 aromatic rings. The molecule has 68 valence electrons. The molecule has 0 bridgehead atoms. The molecule has 6 fully saturated rings. The number of hydrogen-bond acceptors (Lipinski definition) is 0. The Balaban J connectivity index is 1.59. The summed E-state index contributed by atoms with van der Waals surface area (Å²) in [6.07, 6.45) is 13.2. The molecule has 0 aliphatic heterocycles. The van der Waals surface area contributed by atoms with Crippen molar-refractivity contribution in [2.24, 2.45) is 27.1 Å². The van der Waals surface area contributed by atoms with Gasteiger partial charge >= 0.3 is 0 Å². The molecule has 1 atom stereocenters. The summed E-state index contributed by atoms with van der Waals surface area (Å²) in [6, 6.07) is 0. The van der Waals surface area contributed by atoms with Crippen LogP contribution in [0.3, 0.4) is 0 Å². The van der Waals surface area contributed by atoms with Crippen molar-refractivity contribution in [2.45, 2.75) is 51.4 Å². The fourth-order valence-electron chi connectivity index (χ4n) is 6.85. The molecule has 0 nitrogen and oxygen atoms in total. The van der Waals surface area contributed by atoms with Crippen LogP contribution in [-0.4, -0.2) is 0 Å². The van der Waals surface area contributed by atoms with E-state index in [-0.39, 0.29) is 0 Å². The molecule has 5 spiro atoms. The average molecular weight is 172 g/mol. The second kappa shape index (κ2) is 1.01. The first kappa shape index (κ1) is 5.78. The van der Waals surface area contributed by atoms with Crippen molar-refractivity contribution in [3.63, 3.8) is 0 Å². The zero-order valence-corrected chi connectivity index (χ0v) is 8.16. The van der Waals surface area contributed by atoms with E-state index in [0.29, 0.717) is 0 Å². The summed E-state index contributed by atoms with van der Waals surface area (Å²) >= 11 is 0. The SMILES string of the molecule is C1CC12CC21CC12C1(CC1)C21CC1. The molecule has 0 aromatic carbocycles. The average Bonchev–Trinajstić information content (AvgIpc) is 2.95. The van der Waals surface area contributed by atoms with Gasteiger partial charge in [0.1, 0.15) is 0 Å². The van der Waals surface area contributed by atoms with E-state index >= 15 is 0 Å². The fraction of sp³-hybridized carbons (Fsp3) is 1.00. The lowest BCUT2D eigenvalue weighted by molar-refractivity contribution is 0.552. The largest absolute Gasteiger partial charge is 0.0465 e. The van der Waals surface area contributed by atoms with Gasteiger partial charge in [-0.05, 0) is 78.4 Å². The van der Waals surface area contributed by atoms with Gasteiger partial charge in [0.2, 0.25) is 0 Å². The van der Waals surface area contributed by atoms with Crippen LogP contribution in [0.2, 0.25) is 0 Å². The van der Waals surface area contributed by atoms with Crippen molar-refractivity contribution in [3.05, 3.63) is 0 Å². The number of hydrogen-bond donors (Lipinski definition) is 0. The minimum absolute atomic E-state index is 0.995. The van der Waals surface area contributed by atoms with Crippen LogP contribution in [0, 0.1) is 27.1 Å². The Morgan fingerprint density at radius 2 is 1.15 bits per heavy atom. The van der Waals surface area contributed by atoms with Gasteiger partial charge in [-0.3, -0.25) is 0 Å². The third-order valence-electron chi connectivity index (χ3n) is 7.63. The van der Waals surface area contributed by atoms with Gasteiger partial charge in [0, 0.05) is 0 Å². The maximum atomic E-state index is 1.71. The van der Waals surface area contributed by atoms with Crippen molar-refractivity contribution in [3.8, 4) is 0 Å². The molecule has 6 saturated carbocycles. The Bertz CT molecular complexity index is 361. The molecule has 6 rings (SSSR count). The number of rotatable bonds is 0. The van der Waals surface area contributed by atoms with Crippen molar-refractivity contribution >= 4 is 0 Å². The molecule has 1 unspecified atom stereocenters. The molecule has 0 heteroatoms. The highest BCUT2D eigenvalue weighted by molar-refractivity contribution is 5.59. The zero-order valence-electron chi connectivity index (χ0n) is 8.16. The Kier molecular flexibility index (Phi) is 0.447. The topological polar surface area (TPSA) is 0 Å². The fourth-order valence-corrected chi connectivity index (χ4v) is 6.85. The lowest BCUT2D eigenvalue weighted by atomic mass is 10.1. The third kappa shape index (κ3) is 0.275. The molecule has 0 N–H and O–H groups in total. The lowest BCUT2D eigenvalue weighted by Crippen LogP contribution is -1.88. The predicted molar refractivity (Wildman–Crippen MR) is 49.1 cm³/mol. The first-order valence-corrected chi connectivity index (χ1v) is 6.29. The van der Waals surface area contributed by atoms with Gasteiger partial charge in [-0.15, -0.1) is 0 Å². The third-order valence-corrected chi connectivity index (χ3v) is 7.63. The quantitative estimate of drug-likeness (QED) is 0.526. The lowest BCUT2D eigenvalue weighted by Gasteiger charge is -1.90. The van der Waals surface area contributed by atoms with Crippen LogP contribution in [0.5, 0.6) is 0 Å². The molecule has 0 aromatic heterocycles. The van der Waals surface area contributed by atoms with Gasteiger partial charge in [0.15, 0.2) is 0 Å². The van der Waals surface area contributed by atoms with E-state index in [1.54, 1.807) is 51.4 Å². The van der Waals surface area contributed by atoms with Crippen LogP contribution in [0.25, 0.3) is 0 Å². The molecule has 6 aliphatic carbocycles. The van der Waals surface area contributed by atoms with Crippen LogP contribution in [0.4, 0.5) is 0 Å². The molecule has 6 aliphatic rings. The second-order valence-electron chi connectivity index (χ2n) is 7.29. The van der Waals surface area contributed by atoms with E-state index in [1.807, 2.05) is 0 Å². The molecule has 13 heavy (non-hydrogen) atoms. The molecule has 0 heterocycles. The van der Waals surface area contributed by atoms with Gasteiger partial charge in [-0.25, -0.2) is 0 Å². The molecule has 0 saturated heterocycles.